The molecule has 1 saturated heterocycles. The molecule has 3 N–H and O–H groups in total. The van der Waals surface area contributed by atoms with Crippen LogP contribution >= 0.6 is 35.6 Å². The first-order chi connectivity index (χ1) is 13.5. The van der Waals surface area contributed by atoms with E-state index in [2.05, 4.69) is 25.2 Å². The standard InChI is InChI=1S/C19H32ClN5O3S.HI/c1-6-21-18(22-13-19(2,3)24-29(5,26)27)23-15-9-10-25(12-15)16-11-14(20)7-8-17(16)28-4;/h7-8,11,15,24H,6,9-10,12-13H2,1-5H3,(H2,21,22,23);1H. The Morgan fingerprint density at radius 2 is 2.10 bits per heavy atom. The molecule has 1 aromatic rings. The highest BCUT2D eigenvalue weighted by molar-refractivity contribution is 14.0. The minimum absolute atomic E-state index is 0. The molecule has 8 nitrogen and oxygen atoms in total. The van der Waals surface area contributed by atoms with Gasteiger partial charge < -0.3 is 20.3 Å². The van der Waals surface area contributed by atoms with Crippen LogP contribution in [0, 0.1) is 0 Å². The van der Waals surface area contributed by atoms with Crippen LogP contribution in [-0.2, 0) is 10.0 Å². The van der Waals surface area contributed by atoms with Gasteiger partial charge in [-0.05, 0) is 45.4 Å². The van der Waals surface area contributed by atoms with E-state index in [1.807, 2.05) is 39.0 Å². The average molecular weight is 574 g/mol. The molecule has 1 heterocycles. The number of nitrogens with one attached hydrogen (secondary N) is 3. The molecule has 11 heteroatoms. The highest BCUT2D eigenvalue weighted by atomic mass is 127. The number of hydrogen-bond acceptors (Lipinski definition) is 5. The summed E-state index contributed by atoms with van der Waals surface area (Å²) in [7, 11) is -1.65. The molecule has 1 fully saturated rings. The van der Waals surface area contributed by atoms with Crippen LogP contribution in [0.1, 0.15) is 27.2 Å². The smallest absolute Gasteiger partial charge is 0.209 e. The summed E-state index contributed by atoms with van der Waals surface area (Å²) < 4.78 is 31.1. The molecule has 0 amide bonds. The van der Waals surface area contributed by atoms with Gasteiger partial charge in [0.25, 0.3) is 0 Å². The van der Waals surface area contributed by atoms with Crippen LogP contribution < -0.4 is 25.0 Å². The second-order valence-electron chi connectivity index (χ2n) is 7.85. The van der Waals surface area contributed by atoms with Gasteiger partial charge in [0.1, 0.15) is 5.75 Å². The van der Waals surface area contributed by atoms with Crippen molar-refractivity contribution in [1.82, 2.24) is 15.4 Å². The zero-order valence-corrected chi connectivity index (χ0v) is 22.1. The summed E-state index contributed by atoms with van der Waals surface area (Å²) in [6, 6.07) is 5.81. The number of benzene rings is 1. The number of aliphatic imine (C=N–C) groups is 1. The van der Waals surface area contributed by atoms with Gasteiger partial charge in [-0.25, -0.2) is 13.1 Å². The van der Waals surface area contributed by atoms with Gasteiger partial charge in [0.2, 0.25) is 10.0 Å². The maximum absolute atomic E-state index is 11.5. The zero-order valence-electron chi connectivity index (χ0n) is 18.2. The van der Waals surface area contributed by atoms with Crippen LogP contribution in [0.25, 0.3) is 0 Å². The topological polar surface area (TPSA) is 95.1 Å². The fraction of sp³-hybridized carbons (Fsp3) is 0.632. The van der Waals surface area contributed by atoms with Crippen molar-refractivity contribution in [3.05, 3.63) is 23.2 Å². The van der Waals surface area contributed by atoms with Gasteiger partial charge in [0.05, 0.1) is 25.6 Å². The normalized spacial score (nSPS) is 17.5. The number of sulfonamides is 1. The van der Waals surface area contributed by atoms with E-state index in [4.69, 9.17) is 16.3 Å². The van der Waals surface area contributed by atoms with Crippen molar-refractivity contribution in [3.8, 4) is 5.75 Å². The SMILES string of the molecule is CCNC(=NCC(C)(C)NS(C)(=O)=O)NC1CCN(c2cc(Cl)ccc2OC)C1.I. The molecule has 0 aromatic heterocycles. The average Bonchev–Trinajstić information content (AvgIpc) is 3.06. The lowest BCUT2D eigenvalue weighted by molar-refractivity contribution is 0.415. The Morgan fingerprint density at radius 3 is 2.70 bits per heavy atom. The number of halogens is 2. The Balaban J connectivity index is 0.00000450. The van der Waals surface area contributed by atoms with Crippen molar-refractivity contribution < 1.29 is 13.2 Å². The Labute approximate surface area is 202 Å². The van der Waals surface area contributed by atoms with Crippen LogP contribution in [0.2, 0.25) is 5.02 Å². The summed E-state index contributed by atoms with van der Waals surface area (Å²) in [6.07, 6.45) is 2.09. The van der Waals surface area contributed by atoms with E-state index >= 15 is 0 Å². The van der Waals surface area contributed by atoms with Gasteiger partial charge in [-0.15, -0.1) is 24.0 Å². The molecule has 1 aliphatic heterocycles. The first-order valence-corrected chi connectivity index (χ1v) is 11.9. The minimum atomic E-state index is -3.30. The molecule has 0 aliphatic carbocycles. The van der Waals surface area contributed by atoms with Crippen LogP contribution in [0.3, 0.4) is 0 Å². The quantitative estimate of drug-likeness (QED) is 0.251. The number of ether oxygens (including phenoxy) is 1. The lowest BCUT2D eigenvalue weighted by Gasteiger charge is -2.25. The number of methoxy groups -OCH3 is 1. The van der Waals surface area contributed by atoms with E-state index in [9.17, 15) is 8.42 Å². The molecule has 0 radical (unpaired) electrons. The predicted molar refractivity (Wildman–Crippen MR) is 135 cm³/mol. The number of nitrogens with zero attached hydrogens (tertiary/aromatic N) is 2. The molecule has 0 saturated carbocycles. The number of hydrogen-bond donors (Lipinski definition) is 3. The summed E-state index contributed by atoms with van der Waals surface area (Å²) in [4.78, 5) is 6.82. The van der Waals surface area contributed by atoms with Crippen LogP contribution in [0.4, 0.5) is 5.69 Å². The van der Waals surface area contributed by atoms with E-state index in [0.717, 1.165) is 37.2 Å². The number of anilines is 1. The molecule has 0 bridgehead atoms. The summed E-state index contributed by atoms with van der Waals surface area (Å²) >= 11 is 6.17. The van der Waals surface area contributed by atoms with E-state index in [1.165, 1.54) is 0 Å². The molecule has 1 aliphatic rings. The highest BCUT2D eigenvalue weighted by Gasteiger charge is 2.26. The molecule has 30 heavy (non-hydrogen) atoms. The Bertz CT molecular complexity index is 835. The van der Waals surface area contributed by atoms with Gasteiger partial charge in [-0.3, -0.25) is 4.99 Å². The predicted octanol–water partition coefficient (Wildman–Crippen LogP) is 2.43. The monoisotopic (exact) mass is 573 g/mol. The Morgan fingerprint density at radius 1 is 1.40 bits per heavy atom. The second-order valence-corrected chi connectivity index (χ2v) is 10.0. The van der Waals surface area contributed by atoms with Gasteiger partial charge in [0.15, 0.2) is 5.96 Å². The van der Waals surface area contributed by atoms with Gasteiger partial charge in [0, 0.05) is 36.2 Å². The fourth-order valence-electron chi connectivity index (χ4n) is 3.33. The van der Waals surface area contributed by atoms with E-state index in [-0.39, 0.29) is 30.0 Å². The van der Waals surface area contributed by atoms with E-state index in [0.29, 0.717) is 24.1 Å². The Kier molecular flexibility index (Phi) is 10.4. The molecular weight excluding hydrogens is 541 g/mol. The molecule has 1 atom stereocenters. The summed E-state index contributed by atoms with van der Waals surface area (Å²) in [5, 5.41) is 7.35. The first-order valence-electron chi connectivity index (χ1n) is 9.65. The molecule has 172 valence electrons. The molecular formula is C19H33ClIN5O3S. The van der Waals surface area contributed by atoms with Crippen molar-refractivity contribution in [2.75, 3.05) is 44.4 Å². The van der Waals surface area contributed by atoms with E-state index < -0.39 is 15.6 Å². The van der Waals surface area contributed by atoms with E-state index in [1.54, 1.807) is 7.11 Å². The van der Waals surface area contributed by atoms with Crippen molar-refractivity contribution in [1.29, 1.82) is 0 Å². The summed E-state index contributed by atoms with van der Waals surface area (Å²) in [5.74, 6) is 1.46. The summed E-state index contributed by atoms with van der Waals surface area (Å²) in [6.45, 7) is 8.29. The largest absolute Gasteiger partial charge is 0.495 e. The molecule has 1 aromatic carbocycles. The fourth-order valence-corrected chi connectivity index (χ4v) is 4.57. The van der Waals surface area contributed by atoms with Gasteiger partial charge >= 0.3 is 0 Å². The van der Waals surface area contributed by atoms with Crippen LogP contribution in [0.5, 0.6) is 5.75 Å². The third-order valence-corrected chi connectivity index (χ3v) is 5.61. The van der Waals surface area contributed by atoms with Crippen LogP contribution in [-0.4, -0.2) is 65.5 Å². The lowest BCUT2D eigenvalue weighted by atomic mass is 10.1. The first kappa shape index (κ1) is 27.1. The number of guanidine groups is 1. The van der Waals surface area contributed by atoms with Crippen molar-refractivity contribution in [2.45, 2.75) is 38.8 Å². The second kappa shape index (κ2) is 11.6. The lowest BCUT2D eigenvalue weighted by Crippen LogP contribution is -2.48. The number of rotatable bonds is 8. The Hall–Kier alpha value is -0.980. The van der Waals surface area contributed by atoms with Gasteiger partial charge in [-0.2, -0.15) is 0 Å². The van der Waals surface area contributed by atoms with Crippen LogP contribution in [0.15, 0.2) is 23.2 Å². The zero-order chi connectivity index (χ0) is 21.7. The molecule has 0 spiro atoms. The molecule has 2 rings (SSSR count). The van der Waals surface area contributed by atoms with Gasteiger partial charge in [-0.1, -0.05) is 11.6 Å². The molecule has 1 unspecified atom stereocenters. The highest BCUT2D eigenvalue weighted by Crippen LogP contribution is 2.33. The maximum atomic E-state index is 11.5. The van der Waals surface area contributed by atoms with Crippen molar-refractivity contribution in [2.24, 2.45) is 4.99 Å². The van der Waals surface area contributed by atoms with Crippen molar-refractivity contribution >= 4 is 57.2 Å². The third-order valence-electron chi connectivity index (χ3n) is 4.45. The third kappa shape index (κ3) is 8.64. The maximum Gasteiger partial charge on any atom is 0.209 e. The minimum Gasteiger partial charge on any atom is -0.495 e. The van der Waals surface area contributed by atoms with Crippen molar-refractivity contribution in [3.63, 3.8) is 0 Å². The summed E-state index contributed by atoms with van der Waals surface area (Å²) in [5.41, 5.74) is 0.302.